The van der Waals surface area contributed by atoms with Crippen LogP contribution < -0.4 is 16.0 Å². The van der Waals surface area contributed by atoms with E-state index in [9.17, 15) is 14.7 Å². The third kappa shape index (κ3) is 5.82. The van der Waals surface area contributed by atoms with Gasteiger partial charge in [-0.2, -0.15) is 0 Å². The van der Waals surface area contributed by atoms with Gasteiger partial charge in [-0.3, -0.25) is 5.32 Å². The predicted octanol–water partition coefficient (Wildman–Crippen LogP) is 3.07. The first kappa shape index (κ1) is 18.3. The van der Waals surface area contributed by atoms with Gasteiger partial charge < -0.3 is 20.5 Å². The van der Waals surface area contributed by atoms with Gasteiger partial charge in [-0.15, -0.1) is 0 Å². The lowest BCUT2D eigenvalue weighted by Gasteiger charge is -2.11. The average molecular weight is 343 g/mol. The second-order valence-corrected chi connectivity index (χ2v) is 5.16. The molecule has 0 aromatic heterocycles. The fourth-order valence-electron chi connectivity index (χ4n) is 2.16. The number of hydrogen-bond acceptors (Lipinski definition) is 4. The maximum Gasteiger partial charge on any atom is 0.411 e. The van der Waals surface area contributed by atoms with Gasteiger partial charge in [0, 0.05) is 17.9 Å². The quantitative estimate of drug-likeness (QED) is 0.648. The zero-order valence-electron chi connectivity index (χ0n) is 13.9. The highest BCUT2D eigenvalue weighted by Crippen LogP contribution is 2.14. The van der Waals surface area contributed by atoms with Gasteiger partial charge in [0.05, 0.1) is 13.2 Å². The van der Waals surface area contributed by atoms with Gasteiger partial charge in [0.2, 0.25) is 0 Å². The molecule has 0 atom stereocenters. The van der Waals surface area contributed by atoms with E-state index in [1.807, 2.05) is 24.3 Å². The van der Waals surface area contributed by atoms with Crippen molar-refractivity contribution < 1.29 is 19.4 Å². The molecule has 7 nitrogen and oxygen atoms in total. The van der Waals surface area contributed by atoms with Crippen LogP contribution in [0.3, 0.4) is 0 Å². The molecule has 4 N–H and O–H groups in total. The topological polar surface area (TPSA) is 99.7 Å². The van der Waals surface area contributed by atoms with Crippen LogP contribution in [0.25, 0.3) is 0 Å². The van der Waals surface area contributed by atoms with Gasteiger partial charge in [0.15, 0.2) is 0 Å². The van der Waals surface area contributed by atoms with Crippen molar-refractivity contribution in [3.05, 3.63) is 59.7 Å². The summed E-state index contributed by atoms with van der Waals surface area (Å²) in [5.74, 6) is 0. The first-order valence-electron chi connectivity index (χ1n) is 7.88. The summed E-state index contributed by atoms with van der Waals surface area (Å²) in [5, 5.41) is 17.3. The van der Waals surface area contributed by atoms with E-state index in [2.05, 4.69) is 16.0 Å². The number of anilines is 2. The van der Waals surface area contributed by atoms with Crippen LogP contribution in [0.5, 0.6) is 0 Å². The summed E-state index contributed by atoms with van der Waals surface area (Å²) in [6, 6.07) is 13.6. The van der Waals surface area contributed by atoms with Crippen LogP contribution >= 0.6 is 0 Å². The number of hydrogen-bond donors (Lipinski definition) is 4. The summed E-state index contributed by atoms with van der Waals surface area (Å²) in [7, 11) is 0. The summed E-state index contributed by atoms with van der Waals surface area (Å²) < 4.78 is 4.79. The van der Waals surface area contributed by atoms with E-state index in [1.54, 1.807) is 31.2 Å². The molecule has 2 aromatic rings. The molecule has 0 aliphatic heterocycles. The summed E-state index contributed by atoms with van der Waals surface area (Å²) >= 11 is 0. The zero-order chi connectivity index (χ0) is 18.1. The van der Waals surface area contributed by atoms with E-state index in [0.717, 1.165) is 11.1 Å². The molecule has 0 bridgehead atoms. The normalized spacial score (nSPS) is 10.0. The Morgan fingerprint density at radius 2 is 1.56 bits per heavy atom. The summed E-state index contributed by atoms with van der Waals surface area (Å²) in [5.41, 5.74) is 2.79. The molecule has 7 heteroatoms. The molecule has 0 radical (unpaired) electrons. The molecular formula is C18H21N3O4. The number of aliphatic hydroxyl groups excluding tert-OH is 1. The van der Waals surface area contributed by atoms with Gasteiger partial charge in [-0.1, -0.05) is 24.3 Å². The van der Waals surface area contributed by atoms with Crippen molar-refractivity contribution in [2.24, 2.45) is 0 Å². The Bertz CT molecular complexity index is 717. The minimum absolute atomic E-state index is 0.0750. The van der Waals surface area contributed by atoms with Crippen LogP contribution in [-0.4, -0.2) is 23.8 Å². The average Bonchev–Trinajstić information content (AvgIpc) is 2.62. The standard InChI is InChI=1S/C18H21N3O4/c1-2-25-18(24)21-16-9-7-15(8-10-16)20-17(23)19-11-13-5-3-4-6-14(13)12-22/h3-10,22H,2,11-12H2,1H3,(H,21,24)(H2,19,20,23). The second-order valence-electron chi connectivity index (χ2n) is 5.16. The van der Waals surface area contributed by atoms with Gasteiger partial charge >= 0.3 is 12.1 Å². The molecule has 0 unspecified atom stereocenters. The van der Waals surface area contributed by atoms with Crippen molar-refractivity contribution in [1.29, 1.82) is 0 Å². The maximum absolute atomic E-state index is 12.0. The number of amides is 3. The fourth-order valence-corrected chi connectivity index (χ4v) is 2.16. The number of urea groups is 1. The van der Waals surface area contributed by atoms with Crippen molar-refractivity contribution in [3.8, 4) is 0 Å². The lowest BCUT2D eigenvalue weighted by Crippen LogP contribution is -2.28. The zero-order valence-corrected chi connectivity index (χ0v) is 13.9. The van der Waals surface area contributed by atoms with Crippen molar-refractivity contribution in [3.63, 3.8) is 0 Å². The number of carbonyl (C=O) groups is 2. The van der Waals surface area contributed by atoms with Crippen molar-refractivity contribution in [1.82, 2.24) is 5.32 Å². The molecule has 2 rings (SSSR count). The highest BCUT2D eigenvalue weighted by molar-refractivity contribution is 5.90. The number of carbonyl (C=O) groups excluding carboxylic acids is 2. The first-order valence-corrected chi connectivity index (χ1v) is 7.88. The first-order chi connectivity index (χ1) is 12.1. The molecule has 0 heterocycles. The Balaban J connectivity index is 1.85. The lowest BCUT2D eigenvalue weighted by molar-refractivity contribution is 0.168. The molecule has 0 aliphatic rings. The van der Waals surface area contributed by atoms with Gasteiger partial charge in [-0.25, -0.2) is 9.59 Å². The molecule has 0 saturated heterocycles. The largest absolute Gasteiger partial charge is 0.450 e. The molecule has 0 fully saturated rings. The highest BCUT2D eigenvalue weighted by Gasteiger charge is 2.06. The fraction of sp³-hybridized carbons (Fsp3) is 0.222. The lowest BCUT2D eigenvalue weighted by atomic mass is 10.1. The van der Waals surface area contributed by atoms with Crippen molar-refractivity contribution >= 4 is 23.5 Å². The summed E-state index contributed by atoms with van der Waals surface area (Å²) in [6.07, 6.45) is -0.525. The minimum atomic E-state index is -0.525. The number of aliphatic hydroxyl groups is 1. The monoisotopic (exact) mass is 343 g/mol. The number of benzene rings is 2. The Hall–Kier alpha value is -3.06. The molecular weight excluding hydrogens is 322 g/mol. The smallest absolute Gasteiger partial charge is 0.411 e. The Kier molecular flexibility index (Phi) is 6.79. The van der Waals surface area contributed by atoms with Crippen LogP contribution in [0.2, 0.25) is 0 Å². The van der Waals surface area contributed by atoms with E-state index in [0.29, 0.717) is 24.5 Å². The van der Waals surface area contributed by atoms with E-state index >= 15 is 0 Å². The second kappa shape index (κ2) is 9.29. The van der Waals surface area contributed by atoms with E-state index in [4.69, 9.17) is 4.74 Å². The number of nitrogens with one attached hydrogen (secondary N) is 3. The third-order valence-corrected chi connectivity index (χ3v) is 3.39. The van der Waals surface area contributed by atoms with Gasteiger partial charge in [0.1, 0.15) is 0 Å². The predicted molar refractivity (Wildman–Crippen MR) is 95.3 cm³/mol. The Morgan fingerprint density at radius 1 is 0.960 bits per heavy atom. The summed E-state index contributed by atoms with van der Waals surface area (Å²) in [6.45, 7) is 2.26. The molecule has 25 heavy (non-hydrogen) atoms. The van der Waals surface area contributed by atoms with E-state index < -0.39 is 6.09 Å². The SMILES string of the molecule is CCOC(=O)Nc1ccc(NC(=O)NCc2ccccc2CO)cc1. The molecule has 0 aliphatic carbocycles. The Labute approximate surface area is 146 Å². The number of rotatable bonds is 6. The van der Waals surface area contributed by atoms with Crippen LogP contribution in [0, 0.1) is 0 Å². The molecule has 0 spiro atoms. The summed E-state index contributed by atoms with van der Waals surface area (Å²) in [4.78, 5) is 23.3. The third-order valence-electron chi connectivity index (χ3n) is 3.39. The Morgan fingerprint density at radius 3 is 2.16 bits per heavy atom. The van der Waals surface area contributed by atoms with Gasteiger partial charge in [-0.05, 0) is 42.3 Å². The maximum atomic E-state index is 12.0. The minimum Gasteiger partial charge on any atom is -0.450 e. The van der Waals surface area contributed by atoms with Crippen LogP contribution in [0.15, 0.2) is 48.5 Å². The molecule has 132 valence electrons. The van der Waals surface area contributed by atoms with Crippen LogP contribution in [-0.2, 0) is 17.9 Å². The molecule has 2 aromatic carbocycles. The highest BCUT2D eigenvalue weighted by atomic mass is 16.5. The molecule has 0 saturated carbocycles. The van der Waals surface area contributed by atoms with Gasteiger partial charge in [0.25, 0.3) is 0 Å². The number of ether oxygens (including phenoxy) is 1. The van der Waals surface area contributed by atoms with E-state index in [1.165, 1.54) is 0 Å². The molecule has 3 amide bonds. The van der Waals surface area contributed by atoms with Crippen molar-refractivity contribution in [2.75, 3.05) is 17.2 Å². The van der Waals surface area contributed by atoms with Crippen LogP contribution in [0.4, 0.5) is 21.0 Å². The van der Waals surface area contributed by atoms with Crippen LogP contribution in [0.1, 0.15) is 18.1 Å². The van der Waals surface area contributed by atoms with Crippen molar-refractivity contribution in [2.45, 2.75) is 20.1 Å². The van der Waals surface area contributed by atoms with E-state index in [-0.39, 0.29) is 12.6 Å².